The molecular weight excluding hydrogens is 406 g/mol. The number of nitrogen functional groups attached to an aromatic ring is 1. The second-order valence-corrected chi connectivity index (χ2v) is 7.72. The number of hydrazine groups is 1. The summed E-state index contributed by atoms with van der Waals surface area (Å²) in [4.78, 5) is 20.6. The number of hydrogen-bond acceptors (Lipinski definition) is 7. The van der Waals surface area contributed by atoms with Crippen LogP contribution in [0.5, 0.6) is 0 Å². The molecule has 10 nitrogen and oxygen atoms in total. The summed E-state index contributed by atoms with van der Waals surface area (Å²) in [6.07, 6.45) is 9.93. The van der Waals surface area contributed by atoms with Crippen LogP contribution in [-0.4, -0.2) is 37.9 Å². The summed E-state index contributed by atoms with van der Waals surface area (Å²) in [6.45, 7) is 0.784. The standard InChI is InChI=1S/C22H27N9O/c23-19-18-10-11-30(21(18)28-14-27-19)17-8-6-15(7-9-17)12-26-22(32)20(24)29-31(25)13-16-4-2-1-3-5-16/h4,6-11,14H,1-3,5,12-13,25H2,(H2,24,29)(H,26,32)(H2,23,27,28). The number of amides is 1. The van der Waals surface area contributed by atoms with E-state index in [1.807, 2.05) is 41.1 Å². The Kier molecular flexibility index (Phi) is 6.31. The van der Waals surface area contributed by atoms with Crippen LogP contribution in [0.25, 0.3) is 16.7 Å². The van der Waals surface area contributed by atoms with Crippen molar-refractivity contribution in [3.8, 4) is 5.69 Å². The van der Waals surface area contributed by atoms with Crippen LogP contribution in [0.15, 0.2) is 59.6 Å². The van der Waals surface area contributed by atoms with Gasteiger partial charge in [-0.2, -0.15) is 0 Å². The number of benzene rings is 1. The van der Waals surface area contributed by atoms with Crippen LogP contribution in [0.2, 0.25) is 0 Å². The Labute approximate surface area is 185 Å². The Morgan fingerprint density at radius 1 is 1.19 bits per heavy atom. The summed E-state index contributed by atoms with van der Waals surface area (Å²) in [7, 11) is 0. The van der Waals surface area contributed by atoms with Crippen molar-refractivity contribution >= 4 is 28.6 Å². The lowest BCUT2D eigenvalue weighted by Gasteiger charge is -2.18. The van der Waals surface area contributed by atoms with Crippen LogP contribution in [0.1, 0.15) is 31.2 Å². The number of nitrogens with two attached hydrogens (primary N) is 3. The van der Waals surface area contributed by atoms with Crippen LogP contribution in [0.4, 0.5) is 5.82 Å². The third kappa shape index (κ3) is 4.86. The Balaban J connectivity index is 1.34. The van der Waals surface area contributed by atoms with Gasteiger partial charge in [0, 0.05) is 18.4 Å². The first kappa shape index (κ1) is 21.3. The summed E-state index contributed by atoms with van der Waals surface area (Å²) in [5.74, 6) is 5.69. The number of nitrogens with zero attached hydrogens (tertiary/aromatic N) is 5. The van der Waals surface area contributed by atoms with Crippen LogP contribution in [0, 0.1) is 0 Å². The maximum Gasteiger partial charge on any atom is 0.288 e. The third-order valence-electron chi connectivity index (χ3n) is 5.40. The molecule has 0 radical (unpaired) electrons. The van der Waals surface area contributed by atoms with Crippen molar-refractivity contribution in [3.63, 3.8) is 0 Å². The lowest BCUT2D eigenvalue weighted by atomic mass is 10.00. The van der Waals surface area contributed by atoms with Crippen molar-refractivity contribution in [1.82, 2.24) is 25.0 Å². The average Bonchev–Trinajstić information content (AvgIpc) is 3.24. The molecule has 0 bridgehead atoms. The number of hydrazone groups is 1. The molecule has 166 valence electrons. The SMILES string of the molecule is N/C(=N\N(N)CC1=CCCCC1)C(=O)NCc1ccc(-n2ccc3c(N)ncnc32)cc1. The first-order valence-corrected chi connectivity index (χ1v) is 10.5. The van der Waals surface area contributed by atoms with Gasteiger partial charge in [0.2, 0.25) is 5.84 Å². The molecule has 1 amide bonds. The van der Waals surface area contributed by atoms with E-state index in [0.29, 0.717) is 18.9 Å². The highest BCUT2D eigenvalue weighted by molar-refractivity contribution is 6.37. The number of rotatable bonds is 6. The van der Waals surface area contributed by atoms with Crippen molar-refractivity contribution in [1.29, 1.82) is 0 Å². The molecule has 2 aromatic heterocycles. The van der Waals surface area contributed by atoms with Crippen LogP contribution in [0.3, 0.4) is 0 Å². The molecule has 0 saturated carbocycles. The summed E-state index contributed by atoms with van der Waals surface area (Å²) in [5.41, 5.74) is 15.5. The third-order valence-corrected chi connectivity index (χ3v) is 5.40. The van der Waals surface area contributed by atoms with E-state index in [2.05, 4.69) is 26.5 Å². The Bertz CT molecular complexity index is 1160. The Hall–Kier alpha value is -3.92. The molecule has 0 spiro atoms. The first-order valence-electron chi connectivity index (χ1n) is 10.5. The quantitative estimate of drug-likeness (QED) is 0.151. The van der Waals surface area contributed by atoms with Gasteiger partial charge in [-0.15, -0.1) is 5.10 Å². The van der Waals surface area contributed by atoms with Gasteiger partial charge in [-0.1, -0.05) is 23.8 Å². The molecule has 10 heteroatoms. The lowest BCUT2D eigenvalue weighted by Crippen LogP contribution is -2.39. The molecule has 0 unspecified atom stereocenters. The second-order valence-electron chi connectivity index (χ2n) is 7.72. The Morgan fingerprint density at radius 2 is 2.00 bits per heavy atom. The highest BCUT2D eigenvalue weighted by Gasteiger charge is 2.11. The monoisotopic (exact) mass is 433 g/mol. The zero-order chi connectivity index (χ0) is 22.5. The fraction of sp³-hybridized carbons (Fsp3) is 0.273. The van der Waals surface area contributed by atoms with Gasteiger partial charge >= 0.3 is 0 Å². The van der Waals surface area contributed by atoms with E-state index in [1.165, 1.54) is 23.4 Å². The van der Waals surface area contributed by atoms with Gasteiger partial charge in [0.25, 0.3) is 5.91 Å². The van der Waals surface area contributed by atoms with Crippen molar-refractivity contribution in [2.75, 3.05) is 12.3 Å². The fourth-order valence-corrected chi connectivity index (χ4v) is 3.70. The minimum atomic E-state index is -0.467. The molecule has 0 saturated heterocycles. The normalized spacial score (nSPS) is 14.3. The topological polar surface area (TPSA) is 153 Å². The second kappa shape index (κ2) is 9.48. The summed E-state index contributed by atoms with van der Waals surface area (Å²) in [5, 5.41) is 8.78. The van der Waals surface area contributed by atoms with Crippen molar-refractivity contribution in [2.24, 2.45) is 16.7 Å². The van der Waals surface area contributed by atoms with E-state index in [4.69, 9.17) is 17.3 Å². The molecule has 3 aromatic rings. The average molecular weight is 434 g/mol. The number of aromatic nitrogens is 3. The molecule has 1 aromatic carbocycles. The van der Waals surface area contributed by atoms with E-state index in [0.717, 1.165) is 41.5 Å². The van der Waals surface area contributed by atoms with Gasteiger partial charge in [0.15, 0.2) is 0 Å². The summed E-state index contributed by atoms with van der Waals surface area (Å²) in [6, 6.07) is 9.60. The molecule has 1 aliphatic carbocycles. The van der Waals surface area contributed by atoms with E-state index >= 15 is 0 Å². The largest absolute Gasteiger partial charge is 0.383 e. The summed E-state index contributed by atoms with van der Waals surface area (Å²) >= 11 is 0. The Morgan fingerprint density at radius 3 is 2.75 bits per heavy atom. The minimum Gasteiger partial charge on any atom is -0.383 e. The number of hydrogen-bond donors (Lipinski definition) is 4. The predicted molar refractivity (Wildman–Crippen MR) is 124 cm³/mol. The number of nitrogens with one attached hydrogen (secondary N) is 1. The molecule has 32 heavy (non-hydrogen) atoms. The molecule has 1 aliphatic rings. The number of anilines is 1. The van der Waals surface area contributed by atoms with Crippen LogP contribution in [-0.2, 0) is 11.3 Å². The van der Waals surface area contributed by atoms with Gasteiger partial charge in [0.1, 0.15) is 17.8 Å². The highest BCUT2D eigenvalue weighted by Crippen LogP contribution is 2.22. The highest BCUT2D eigenvalue weighted by atomic mass is 16.2. The van der Waals surface area contributed by atoms with Crippen LogP contribution >= 0.6 is 0 Å². The molecule has 0 fully saturated rings. The van der Waals surface area contributed by atoms with Crippen molar-refractivity contribution in [3.05, 3.63) is 60.1 Å². The molecule has 0 aliphatic heterocycles. The van der Waals surface area contributed by atoms with Gasteiger partial charge < -0.3 is 21.4 Å². The van der Waals surface area contributed by atoms with Crippen molar-refractivity contribution in [2.45, 2.75) is 32.2 Å². The first-order chi connectivity index (χ1) is 15.5. The zero-order valence-electron chi connectivity index (χ0n) is 17.7. The molecule has 4 rings (SSSR count). The number of fused-ring (bicyclic) bond motifs is 1. The van der Waals surface area contributed by atoms with Gasteiger partial charge in [-0.3, -0.25) is 4.79 Å². The molecular formula is C22H27N9O. The van der Waals surface area contributed by atoms with Crippen LogP contribution < -0.4 is 22.6 Å². The maximum absolute atomic E-state index is 12.3. The minimum absolute atomic E-state index is 0.170. The number of carbonyl (C=O) groups is 1. The van der Waals surface area contributed by atoms with Gasteiger partial charge in [-0.05, 0) is 49.4 Å². The number of carbonyl (C=O) groups excluding carboxylic acids is 1. The molecule has 2 heterocycles. The fourth-order valence-electron chi connectivity index (χ4n) is 3.70. The van der Waals surface area contributed by atoms with E-state index in [9.17, 15) is 4.79 Å². The van der Waals surface area contributed by atoms with Gasteiger partial charge in [0.05, 0.1) is 11.9 Å². The zero-order valence-corrected chi connectivity index (χ0v) is 17.7. The molecule has 0 atom stereocenters. The predicted octanol–water partition coefficient (Wildman–Crippen LogP) is 1.57. The maximum atomic E-state index is 12.3. The van der Waals surface area contributed by atoms with E-state index < -0.39 is 5.91 Å². The number of amidine groups is 1. The van der Waals surface area contributed by atoms with Gasteiger partial charge in [-0.25, -0.2) is 20.9 Å². The number of allylic oxidation sites excluding steroid dienone is 1. The van der Waals surface area contributed by atoms with E-state index in [1.54, 1.807) is 0 Å². The smallest absolute Gasteiger partial charge is 0.288 e. The molecule has 7 N–H and O–H groups in total. The summed E-state index contributed by atoms with van der Waals surface area (Å²) < 4.78 is 1.93. The van der Waals surface area contributed by atoms with Crippen molar-refractivity contribution < 1.29 is 4.79 Å². The van der Waals surface area contributed by atoms with E-state index in [-0.39, 0.29) is 5.84 Å². The lowest BCUT2D eigenvalue weighted by molar-refractivity contribution is -0.115.